The van der Waals surface area contributed by atoms with Crippen molar-refractivity contribution in [2.75, 3.05) is 5.32 Å². The van der Waals surface area contributed by atoms with Gasteiger partial charge in [0, 0.05) is 5.69 Å². The molecule has 1 aromatic carbocycles. The number of aromatic nitrogens is 1. The molecule has 28 heavy (non-hydrogen) atoms. The van der Waals surface area contributed by atoms with E-state index < -0.39 is 11.2 Å². The van der Waals surface area contributed by atoms with Crippen LogP contribution in [0, 0.1) is 32.1 Å². The maximum atomic E-state index is 12.8. The van der Waals surface area contributed by atoms with Crippen LogP contribution in [0.25, 0.3) is 0 Å². The molecule has 0 saturated heterocycles. The molecular weight excluding hydrogens is 398 g/mol. The number of nitriles is 1. The maximum Gasteiger partial charge on any atom is 0.335 e. The number of hydrogen-bond acceptors (Lipinski definition) is 5. The Kier molecular flexibility index (Phi) is 7.05. The quantitative estimate of drug-likeness (QED) is 0.658. The number of anilines is 1. The molecular formula is C20H20ClN3O3S. The average Bonchev–Trinajstić information content (AvgIpc) is 2.65. The monoisotopic (exact) mass is 417 g/mol. The normalized spacial score (nSPS) is 11.6. The average molecular weight is 418 g/mol. The predicted octanol–water partition coefficient (Wildman–Crippen LogP) is 4.74. The van der Waals surface area contributed by atoms with Gasteiger partial charge in [0.1, 0.15) is 11.1 Å². The lowest BCUT2D eigenvalue weighted by Crippen LogP contribution is -2.25. The van der Waals surface area contributed by atoms with Gasteiger partial charge in [0.25, 0.3) is 0 Å². The number of rotatable bonds is 6. The number of pyridine rings is 1. The Morgan fingerprint density at radius 2 is 2.00 bits per heavy atom. The zero-order valence-electron chi connectivity index (χ0n) is 16.0. The summed E-state index contributed by atoms with van der Waals surface area (Å²) in [6.07, 6.45) is 0.491. The zero-order valence-corrected chi connectivity index (χ0v) is 17.5. The third kappa shape index (κ3) is 4.64. The molecule has 2 aromatic rings. The summed E-state index contributed by atoms with van der Waals surface area (Å²) in [4.78, 5) is 28.4. The van der Waals surface area contributed by atoms with Gasteiger partial charge in [-0.3, -0.25) is 4.79 Å². The molecule has 0 aliphatic heterocycles. The van der Waals surface area contributed by atoms with Crippen LogP contribution < -0.4 is 5.32 Å². The number of aromatic carboxylic acids is 1. The first-order chi connectivity index (χ1) is 13.2. The third-order valence-corrected chi connectivity index (χ3v) is 6.14. The summed E-state index contributed by atoms with van der Waals surface area (Å²) < 4.78 is 0. The number of thioether (sulfide) groups is 1. The van der Waals surface area contributed by atoms with Crippen LogP contribution in [-0.4, -0.2) is 27.2 Å². The summed E-state index contributed by atoms with van der Waals surface area (Å²) in [5.74, 6) is -1.44. The summed E-state index contributed by atoms with van der Waals surface area (Å²) in [7, 11) is 0. The second kappa shape index (κ2) is 9.09. The smallest absolute Gasteiger partial charge is 0.335 e. The molecule has 0 fully saturated rings. The number of benzene rings is 1. The van der Waals surface area contributed by atoms with Crippen molar-refractivity contribution in [3.63, 3.8) is 0 Å². The van der Waals surface area contributed by atoms with Crippen LogP contribution in [0.3, 0.4) is 0 Å². The van der Waals surface area contributed by atoms with E-state index in [2.05, 4.69) is 16.4 Å². The molecule has 0 saturated carbocycles. The van der Waals surface area contributed by atoms with Crippen LogP contribution in [0.1, 0.15) is 46.1 Å². The molecule has 2 rings (SSSR count). The highest BCUT2D eigenvalue weighted by Crippen LogP contribution is 2.32. The van der Waals surface area contributed by atoms with E-state index in [-0.39, 0.29) is 22.2 Å². The molecule has 146 valence electrons. The van der Waals surface area contributed by atoms with Crippen LogP contribution in [0.5, 0.6) is 0 Å². The SMILES string of the molecule is CCC(Sc1nc(C)c(C)c(C)c1C#N)C(=O)Nc1cc(C(=O)O)ccc1Cl. The Morgan fingerprint density at radius 3 is 2.57 bits per heavy atom. The Bertz CT molecular complexity index is 986. The van der Waals surface area contributed by atoms with Gasteiger partial charge in [-0.25, -0.2) is 9.78 Å². The molecule has 0 aliphatic rings. The number of hydrogen-bond donors (Lipinski definition) is 2. The zero-order chi connectivity index (χ0) is 21.0. The Labute approximate surface area is 172 Å². The van der Waals surface area contributed by atoms with E-state index in [0.717, 1.165) is 16.8 Å². The van der Waals surface area contributed by atoms with Crippen LogP contribution >= 0.6 is 23.4 Å². The highest BCUT2D eigenvalue weighted by molar-refractivity contribution is 8.00. The fourth-order valence-corrected chi connectivity index (χ4v) is 3.83. The van der Waals surface area contributed by atoms with Gasteiger partial charge in [-0.2, -0.15) is 5.26 Å². The second-order valence-corrected chi connectivity index (χ2v) is 7.84. The van der Waals surface area contributed by atoms with Crippen molar-refractivity contribution < 1.29 is 14.7 Å². The van der Waals surface area contributed by atoms with Gasteiger partial charge in [-0.15, -0.1) is 0 Å². The maximum absolute atomic E-state index is 12.8. The fourth-order valence-electron chi connectivity index (χ4n) is 2.55. The van der Waals surface area contributed by atoms with Gasteiger partial charge >= 0.3 is 5.97 Å². The van der Waals surface area contributed by atoms with E-state index in [1.807, 2.05) is 27.7 Å². The van der Waals surface area contributed by atoms with Gasteiger partial charge < -0.3 is 10.4 Å². The lowest BCUT2D eigenvalue weighted by molar-refractivity contribution is -0.115. The van der Waals surface area contributed by atoms with Crippen molar-refractivity contribution in [2.24, 2.45) is 0 Å². The number of aryl methyl sites for hydroxylation is 1. The summed E-state index contributed by atoms with van der Waals surface area (Å²) in [6.45, 7) is 7.50. The van der Waals surface area contributed by atoms with Crippen LogP contribution in [-0.2, 0) is 4.79 Å². The van der Waals surface area contributed by atoms with E-state index in [1.165, 1.54) is 30.0 Å². The van der Waals surface area contributed by atoms with Gasteiger partial charge in [0.15, 0.2) is 0 Å². The number of nitrogens with one attached hydrogen (secondary N) is 1. The lowest BCUT2D eigenvalue weighted by Gasteiger charge is -2.17. The number of carbonyl (C=O) groups is 2. The number of carboxylic acid groups (broad SMARTS) is 1. The summed E-state index contributed by atoms with van der Waals surface area (Å²) in [6, 6.07) is 6.29. The molecule has 0 bridgehead atoms. The highest BCUT2D eigenvalue weighted by Gasteiger charge is 2.23. The van der Waals surface area contributed by atoms with E-state index in [4.69, 9.17) is 16.7 Å². The molecule has 2 N–H and O–H groups in total. The largest absolute Gasteiger partial charge is 0.478 e. The number of amides is 1. The topological polar surface area (TPSA) is 103 Å². The fraction of sp³-hybridized carbons (Fsp3) is 0.300. The van der Waals surface area contributed by atoms with Crippen molar-refractivity contribution >= 4 is 40.9 Å². The van der Waals surface area contributed by atoms with E-state index in [0.29, 0.717) is 17.0 Å². The molecule has 1 atom stereocenters. The Morgan fingerprint density at radius 1 is 1.32 bits per heavy atom. The second-order valence-electron chi connectivity index (χ2n) is 6.24. The first-order valence-corrected chi connectivity index (χ1v) is 9.83. The molecule has 1 unspecified atom stereocenters. The number of nitrogens with zero attached hydrogens (tertiary/aromatic N) is 2. The summed E-state index contributed by atoms with van der Waals surface area (Å²) in [5, 5.41) is 21.6. The number of halogens is 1. The Hall–Kier alpha value is -2.56. The molecule has 1 amide bonds. The van der Waals surface area contributed by atoms with Gasteiger partial charge in [0.2, 0.25) is 5.91 Å². The standard InChI is InChI=1S/C20H20ClN3O3S/c1-5-17(28-19-14(9-22)11(3)10(2)12(4)23-19)18(25)24-16-8-13(20(26)27)6-7-15(16)21/h6-8,17H,5H2,1-4H3,(H,24,25)(H,26,27). The van der Waals surface area contributed by atoms with Crippen LogP contribution in [0.15, 0.2) is 23.2 Å². The van der Waals surface area contributed by atoms with Crippen LogP contribution in [0.4, 0.5) is 5.69 Å². The minimum absolute atomic E-state index is 0.0265. The first-order valence-electron chi connectivity index (χ1n) is 8.57. The first kappa shape index (κ1) is 21.7. The summed E-state index contributed by atoms with van der Waals surface area (Å²) >= 11 is 7.31. The van der Waals surface area contributed by atoms with E-state index in [1.54, 1.807) is 0 Å². The van der Waals surface area contributed by atoms with Gasteiger partial charge in [-0.05, 0) is 56.5 Å². The Balaban J connectivity index is 2.30. The number of carbonyl (C=O) groups excluding carboxylic acids is 1. The van der Waals surface area contributed by atoms with Crippen molar-refractivity contribution in [3.05, 3.63) is 51.2 Å². The minimum atomic E-state index is -1.11. The molecule has 1 aromatic heterocycles. The van der Waals surface area contributed by atoms with Crippen molar-refractivity contribution in [1.29, 1.82) is 5.26 Å². The predicted molar refractivity (Wildman–Crippen MR) is 110 cm³/mol. The molecule has 0 radical (unpaired) electrons. The van der Waals surface area contributed by atoms with Crippen LogP contribution in [0.2, 0.25) is 5.02 Å². The molecule has 0 spiro atoms. The van der Waals surface area contributed by atoms with E-state index >= 15 is 0 Å². The molecule has 8 heteroatoms. The van der Waals surface area contributed by atoms with Gasteiger partial charge in [-0.1, -0.05) is 30.3 Å². The van der Waals surface area contributed by atoms with Crippen molar-refractivity contribution in [1.82, 2.24) is 4.98 Å². The minimum Gasteiger partial charge on any atom is -0.478 e. The molecule has 0 aliphatic carbocycles. The van der Waals surface area contributed by atoms with E-state index in [9.17, 15) is 14.9 Å². The third-order valence-electron chi connectivity index (χ3n) is 4.46. The highest BCUT2D eigenvalue weighted by atomic mass is 35.5. The summed E-state index contributed by atoms with van der Waals surface area (Å²) in [5.41, 5.74) is 3.34. The van der Waals surface area contributed by atoms with Crippen molar-refractivity contribution in [2.45, 2.75) is 44.4 Å². The number of carboxylic acids is 1. The molecule has 6 nitrogen and oxygen atoms in total. The molecule has 1 heterocycles. The van der Waals surface area contributed by atoms with Gasteiger partial charge in [0.05, 0.1) is 27.1 Å². The lowest BCUT2D eigenvalue weighted by atomic mass is 10.1. The van der Waals surface area contributed by atoms with Crippen molar-refractivity contribution in [3.8, 4) is 6.07 Å².